The lowest BCUT2D eigenvalue weighted by Gasteiger charge is -2.21. The number of halogens is 2. The second kappa shape index (κ2) is 6.41. The molecule has 18 heavy (non-hydrogen) atoms. The molecular formula is C13H15Cl2NO2. The maximum atomic E-state index is 11.9. The van der Waals surface area contributed by atoms with Gasteiger partial charge in [-0.1, -0.05) is 29.3 Å². The summed E-state index contributed by atoms with van der Waals surface area (Å²) in [6, 6.07) is 5.16. The Kier molecular flexibility index (Phi) is 4.87. The van der Waals surface area contributed by atoms with Crippen molar-refractivity contribution in [2.24, 2.45) is 5.92 Å². The summed E-state index contributed by atoms with van der Waals surface area (Å²) in [6.07, 6.45) is 2.36. The summed E-state index contributed by atoms with van der Waals surface area (Å²) < 4.78 is 5.26. The van der Waals surface area contributed by atoms with Crippen LogP contribution in [0.1, 0.15) is 19.3 Å². The molecule has 0 aromatic heterocycles. The van der Waals surface area contributed by atoms with Crippen LogP contribution >= 0.6 is 23.2 Å². The normalized spacial score (nSPS) is 16.6. The van der Waals surface area contributed by atoms with Gasteiger partial charge in [-0.05, 0) is 30.9 Å². The first-order valence-electron chi connectivity index (χ1n) is 5.98. The molecule has 1 amide bonds. The molecule has 0 spiro atoms. The van der Waals surface area contributed by atoms with E-state index in [0.29, 0.717) is 28.1 Å². The number of carbonyl (C=O) groups is 1. The zero-order valence-corrected chi connectivity index (χ0v) is 11.4. The molecule has 1 aliphatic rings. The molecule has 0 radical (unpaired) electrons. The van der Waals surface area contributed by atoms with Crippen LogP contribution in [-0.2, 0) is 9.53 Å². The highest BCUT2D eigenvalue weighted by atomic mass is 35.5. The molecule has 0 atom stereocenters. The maximum Gasteiger partial charge on any atom is 0.224 e. The molecule has 2 rings (SSSR count). The Bertz CT molecular complexity index is 411. The Hall–Kier alpha value is -0.770. The van der Waals surface area contributed by atoms with Crippen LogP contribution in [0.2, 0.25) is 10.0 Å². The highest BCUT2D eigenvalue weighted by molar-refractivity contribution is 6.39. The summed E-state index contributed by atoms with van der Waals surface area (Å²) in [6.45, 7) is 1.48. The number of anilines is 1. The van der Waals surface area contributed by atoms with Crippen LogP contribution in [0.25, 0.3) is 0 Å². The summed E-state index contributed by atoms with van der Waals surface area (Å²) in [5.41, 5.74) is 0.498. The minimum atomic E-state index is -0.0445. The van der Waals surface area contributed by atoms with Gasteiger partial charge < -0.3 is 10.1 Å². The molecule has 0 unspecified atom stereocenters. The van der Waals surface area contributed by atoms with E-state index in [1.165, 1.54) is 0 Å². The van der Waals surface area contributed by atoms with E-state index in [1.807, 2.05) is 0 Å². The summed E-state index contributed by atoms with van der Waals surface area (Å²) in [7, 11) is 0. The smallest absolute Gasteiger partial charge is 0.224 e. The number of carbonyl (C=O) groups excluding carboxylic acids is 1. The van der Waals surface area contributed by atoms with Crippen LogP contribution in [0.15, 0.2) is 18.2 Å². The van der Waals surface area contributed by atoms with Gasteiger partial charge in [-0.2, -0.15) is 0 Å². The van der Waals surface area contributed by atoms with E-state index >= 15 is 0 Å². The van der Waals surface area contributed by atoms with Crippen molar-refractivity contribution in [2.45, 2.75) is 19.3 Å². The molecule has 3 nitrogen and oxygen atoms in total. The number of ether oxygens (including phenoxy) is 1. The van der Waals surface area contributed by atoms with Crippen LogP contribution < -0.4 is 5.32 Å². The highest BCUT2D eigenvalue weighted by Gasteiger charge is 2.18. The van der Waals surface area contributed by atoms with E-state index in [2.05, 4.69) is 5.32 Å². The van der Waals surface area contributed by atoms with Gasteiger partial charge in [-0.25, -0.2) is 0 Å². The second-order valence-corrected chi connectivity index (χ2v) is 5.22. The highest BCUT2D eigenvalue weighted by Crippen LogP contribution is 2.30. The monoisotopic (exact) mass is 287 g/mol. The van der Waals surface area contributed by atoms with Gasteiger partial charge >= 0.3 is 0 Å². The van der Waals surface area contributed by atoms with Gasteiger partial charge in [0.15, 0.2) is 0 Å². The van der Waals surface area contributed by atoms with Gasteiger partial charge in [0.1, 0.15) is 0 Å². The van der Waals surface area contributed by atoms with Gasteiger partial charge in [0, 0.05) is 19.6 Å². The molecule has 5 heteroatoms. The molecule has 98 valence electrons. The van der Waals surface area contributed by atoms with Crippen molar-refractivity contribution in [2.75, 3.05) is 18.5 Å². The quantitative estimate of drug-likeness (QED) is 0.920. The minimum Gasteiger partial charge on any atom is -0.381 e. The van der Waals surface area contributed by atoms with Crippen LogP contribution in [0, 0.1) is 5.92 Å². The molecule has 0 bridgehead atoms. The number of hydrogen-bond donors (Lipinski definition) is 1. The number of para-hydroxylation sites is 1. The Labute approximate surface area is 116 Å². The Morgan fingerprint density at radius 3 is 2.50 bits per heavy atom. The first-order chi connectivity index (χ1) is 8.66. The average molecular weight is 288 g/mol. The fourth-order valence-electron chi connectivity index (χ4n) is 2.02. The van der Waals surface area contributed by atoms with Crippen molar-refractivity contribution in [1.82, 2.24) is 0 Å². The van der Waals surface area contributed by atoms with Crippen LogP contribution in [0.3, 0.4) is 0 Å². The average Bonchev–Trinajstić information content (AvgIpc) is 2.35. The lowest BCUT2D eigenvalue weighted by molar-refractivity contribution is -0.117. The van der Waals surface area contributed by atoms with Crippen molar-refractivity contribution < 1.29 is 9.53 Å². The van der Waals surface area contributed by atoms with Crippen molar-refractivity contribution >= 4 is 34.8 Å². The van der Waals surface area contributed by atoms with Gasteiger partial charge in [0.2, 0.25) is 5.91 Å². The first-order valence-corrected chi connectivity index (χ1v) is 6.74. The third-order valence-corrected chi connectivity index (χ3v) is 3.67. The SMILES string of the molecule is O=C(CC1CCOCC1)Nc1c(Cl)cccc1Cl. The van der Waals surface area contributed by atoms with E-state index < -0.39 is 0 Å². The van der Waals surface area contributed by atoms with E-state index in [0.717, 1.165) is 26.1 Å². The summed E-state index contributed by atoms with van der Waals surface area (Å²) >= 11 is 12.0. The van der Waals surface area contributed by atoms with E-state index in [1.54, 1.807) is 18.2 Å². The number of nitrogens with one attached hydrogen (secondary N) is 1. The molecular weight excluding hydrogens is 273 g/mol. The first kappa shape index (κ1) is 13.7. The molecule has 1 aromatic carbocycles. The Morgan fingerprint density at radius 1 is 1.28 bits per heavy atom. The van der Waals surface area contributed by atoms with Gasteiger partial charge in [-0.15, -0.1) is 0 Å². The summed E-state index contributed by atoms with van der Waals surface area (Å²) in [5, 5.41) is 3.70. The lowest BCUT2D eigenvalue weighted by atomic mass is 9.96. The molecule has 1 aliphatic heterocycles. The van der Waals surface area contributed by atoms with Gasteiger partial charge in [0.05, 0.1) is 15.7 Å². The van der Waals surface area contributed by atoms with Crippen LogP contribution in [0.4, 0.5) is 5.69 Å². The molecule has 1 N–H and O–H groups in total. The summed E-state index contributed by atoms with van der Waals surface area (Å²) in [5.74, 6) is 0.344. The molecule has 1 fully saturated rings. The fourth-order valence-corrected chi connectivity index (χ4v) is 2.51. The Morgan fingerprint density at radius 2 is 1.89 bits per heavy atom. The summed E-state index contributed by atoms with van der Waals surface area (Å²) in [4.78, 5) is 11.9. The zero-order chi connectivity index (χ0) is 13.0. The molecule has 1 aromatic rings. The van der Waals surface area contributed by atoms with Crippen LogP contribution in [0.5, 0.6) is 0 Å². The lowest BCUT2D eigenvalue weighted by Crippen LogP contribution is -2.22. The van der Waals surface area contributed by atoms with Crippen molar-refractivity contribution in [1.29, 1.82) is 0 Å². The fraction of sp³-hybridized carbons (Fsp3) is 0.462. The number of hydrogen-bond acceptors (Lipinski definition) is 2. The third kappa shape index (κ3) is 3.61. The Balaban J connectivity index is 1.94. The third-order valence-electron chi connectivity index (χ3n) is 3.04. The number of benzene rings is 1. The molecule has 1 saturated heterocycles. The number of rotatable bonds is 3. The van der Waals surface area contributed by atoms with E-state index in [-0.39, 0.29) is 5.91 Å². The molecule has 0 aliphatic carbocycles. The predicted octanol–water partition coefficient (Wildman–Crippen LogP) is 3.75. The molecule has 0 saturated carbocycles. The number of amides is 1. The van der Waals surface area contributed by atoms with Crippen molar-refractivity contribution in [3.8, 4) is 0 Å². The van der Waals surface area contributed by atoms with Crippen LogP contribution in [-0.4, -0.2) is 19.1 Å². The topological polar surface area (TPSA) is 38.3 Å². The maximum absolute atomic E-state index is 11.9. The zero-order valence-electron chi connectivity index (χ0n) is 9.92. The molecule has 1 heterocycles. The predicted molar refractivity (Wildman–Crippen MR) is 73.3 cm³/mol. The van der Waals surface area contributed by atoms with Crippen molar-refractivity contribution in [3.63, 3.8) is 0 Å². The largest absolute Gasteiger partial charge is 0.381 e. The van der Waals surface area contributed by atoms with E-state index in [4.69, 9.17) is 27.9 Å². The standard InChI is InChI=1S/C13H15Cl2NO2/c14-10-2-1-3-11(15)13(10)16-12(17)8-9-4-6-18-7-5-9/h1-3,9H,4-8H2,(H,16,17). The van der Waals surface area contributed by atoms with Gasteiger partial charge in [0.25, 0.3) is 0 Å². The van der Waals surface area contributed by atoms with Crippen molar-refractivity contribution in [3.05, 3.63) is 28.2 Å². The van der Waals surface area contributed by atoms with E-state index in [9.17, 15) is 4.79 Å². The minimum absolute atomic E-state index is 0.0445. The van der Waals surface area contributed by atoms with Gasteiger partial charge in [-0.3, -0.25) is 4.79 Å². The second-order valence-electron chi connectivity index (χ2n) is 4.40.